The number of nitrogens with zero attached hydrogens (tertiary/aromatic N) is 1. The highest BCUT2D eigenvalue weighted by Crippen LogP contribution is 2.58. The molecule has 0 bridgehead atoms. The first-order valence-corrected chi connectivity index (χ1v) is 11.8. The highest BCUT2D eigenvalue weighted by Gasteiger charge is 2.74. The van der Waals surface area contributed by atoms with Crippen LogP contribution in [0.2, 0.25) is 10.0 Å². The summed E-state index contributed by atoms with van der Waals surface area (Å²) in [6.45, 7) is 1.88. The van der Waals surface area contributed by atoms with E-state index in [2.05, 4.69) is 0 Å². The number of aryl methyl sites for hydroxylation is 1. The van der Waals surface area contributed by atoms with Gasteiger partial charge in [0.05, 0.1) is 28.6 Å². The molecule has 2 heterocycles. The molecule has 2 saturated heterocycles. The number of rotatable bonds is 2. The Labute approximate surface area is 210 Å². The number of Topliss-reactive ketones (excluding diaryl/α,β-unsaturated/α-hetero) is 2. The molecule has 3 aromatic carbocycles. The molecule has 3 aliphatic rings. The minimum atomic E-state index is -2.12. The number of benzene rings is 3. The van der Waals surface area contributed by atoms with Crippen LogP contribution in [0.25, 0.3) is 0 Å². The Morgan fingerprint density at radius 2 is 1.51 bits per heavy atom. The summed E-state index contributed by atoms with van der Waals surface area (Å²) in [6, 6.07) is 18.1. The molecule has 0 unspecified atom stereocenters. The van der Waals surface area contributed by atoms with Gasteiger partial charge in [-0.2, -0.15) is 0 Å². The van der Waals surface area contributed by atoms with Gasteiger partial charge >= 0.3 is 0 Å². The van der Waals surface area contributed by atoms with Gasteiger partial charge in [-0.1, -0.05) is 77.3 Å². The predicted octanol–water partition coefficient (Wildman–Crippen LogP) is 5.00. The first-order chi connectivity index (χ1) is 16.8. The second-order valence-corrected chi connectivity index (χ2v) is 9.85. The van der Waals surface area contributed by atoms with E-state index in [4.69, 9.17) is 27.9 Å². The van der Waals surface area contributed by atoms with Crippen LogP contribution < -0.4 is 4.90 Å². The number of halogens is 2. The van der Waals surface area contributed by atoms with E-state index < -0.39 is 46.9 Å². The van der Waals surface area contributed by atoms with Crippen LogP contribution in [0.5, 0.6) is 0 Å². The van der Waals surface area contributed by atoms with Gasteiger partial charge in [-0.3, -0.25) is 19.2 Å². The lowest BCUT2D eigenvalue weighted by molar-refractivity contribution is -0.127. The standard InChI is InChI=1S/C27H17Cl2NO5/c1-13-5-4-6-14(11-13)22-20-21(26(34)30(25(20)33)19-10-9-15(28)12-18(19)29)27(35-22)23(31)16-7-2-3-8-17(16)24(27)32/h2-12,20-22H,1H3/t20-,21-,22-/m1/s1. The first-order valence-electron chi connectivity index (χ1n) is 11.0. The summed E-state index contributed by atoms with van der Waals surface area (Å²) in [4.78, 5) is 56.2. The molecule has 2 aliphatic heterocycles. The number of ether oxygens (including phenoxy) is 1. The SMILES string of the molecule is Cc1cccc([C@H]2OC3(C(=O)c4ccccc4C3=O)[C@H]3C(=O)N(c4ccc(Cl)cc4Cl)C(=O)[C@@H]23)c1. The molecule has 35 heavy (non-hydrogen) atoms. The lowest BCUT2D eigenvalue weighted by Gasteiger charge is -2.27. The zero-order valence-electron chi connectivity index (χ0n) is 18.3. The number of carbonyl (C=O) groups excluding carboxylic acids is 4. The van der Waals surface area contributed by atoms with Gasteiger partial charge in [0.1, 0.15) is 0 Å². The van der Waals surface area contributed by atoms with Crippen molar-refractivity contribution in [1.29, 1.82) is 0 Å². The molecule has 2 amide bonds. The molecule has 6 rings (SSSR count). The van der Waals surface area contributed by atoms with Crippen LogP contribution in [-0.4, -0.2) is 29.0 Å². The topological polar surface area (TPSA) is 80.8 Å². The second kappa shape index (κ2) is 7.59. The quantitative estimate of drug-likeness (QED) is 0.361. The van der Waals surface area contributed by atoms with Gasteiger partial charge in [0.15, 0.2) is 0 Å². The molecule has 0 radical (unpaired) electrons. The number of amides is 2. The lowest BCUT2D eigenvalue weighted by atomic mass is 9.77. The molecule has 0 aromatic heterocycles. The lowest BCUT2D eigenvalue weighted by Crippen LogP contribution is -2.51. The molecule has 174 valence electrons. The number of ketones is 2. The average molecular weight is 506 g/mol. The smallest absolute Gasteiger partial charge is 0.241 e. The Hall–Kier alpha value is -3.32. The van der Waals surface area contributed by atoms with Crippen LogP contribution in [0.1, 0.15) is 37.9 Å². The van der Waals surface area contributed by atoms with Crippen LogP contribution in [0.3, 0.4) is 0 Å². The molecule has 8 heteroatoms. The summed E-state index contributed by atoms with van der Waals surface area (Å²) in [5.74, 6) is -4.90. The van der Waals surface area contributed by atoms with Crippen LogP contribution in [-0.2, 0) is 14.3 Å². The Bertz CT molecular complexity index is 1450. The molecule has 6 nitrogen and oxygen atoms in total. The van der Waals surface area contributed by atoms with E-state index in [9.17, 15) is 19.2 Å². The Morgan fingerprint density at radius 1 is 0.829 bits per heavy atom. The fourth-order valence-corrected chi connectivity index (χ4v) is 6.06. The van der Waals surface area contributed by atoms with Crippen molar-refractivity contribution in [2.45, 2.75) is 18.6 Å². The molecule has 0 saturated carbocycles. The van der Waals surface area contributed by atoms with Crippen LogP contribution >= 0.6 is 23.2 Å². The van der Waals surface area contributed by atoms with Gasteiger partial charge in [-0.25, -0.2) is 4.90 Å². The summed E-state index contributed by atoms with van der Waals surface area (Å²) in [7, 11) is 0. The van der Waals surface area contributed by atoms with Gasteiger partial charge in [-0.05, 0) is 30.7 Å². The Morgan fingerprint density at radius 3 is 2.14 bits per heavy atom. The maximum Gasteiger partial charge on any atom is 0.241 e. The number of fused-ring (bicyclic) bond motifs is 3. The highest BCUT2D eigenvalue weighted by atomic mass is 35.5. The maximum absolute atomic E-state index is 13.9. The normalized spacial score (nSPS) is 24.4. The predicted molar refractivity (Wildman–Crippen MR) is 129 cm³/mol. The summed E-state index contributed by atoms with van der Waals surface area (Å²) in [6.07, 6.45) is -0.977. The maximum atomic E-state index is 13.9. The van der Waals surface area contributed by atoms with Crippen molar-refractivity contribution in [3.05, 3.63) is 99.0 Å². The zero-order chi connectivity index (χ0) is 24.6. The molecule has 3 aromatic rings. The minimum Gasteiger partial charge on any atom is -0.349 e. The van der Waals surface area contributed by atoms with Gasteiger partial charge in [0.25, 0.3) is 0 Å². The van der Waals surface area contributed by atoms with E-state index in [1.807, 2.05) is 19.1 Å². The van der Waals surface area contributed by atoms with E-state index in [0.29, 0.717) is 10.6 Å². The van der Waals surface area contributed by atoms with E-state index in [0.717, 1.165) is 10.5 Å². The number of carbonyl (C=O) groups is 4. The minimum absolute atomic E-state index is 0.105. The summed E-state index contributed by atoms with van der Waals surface area (Å²) < 4.78 is 6.28. The van der Waals surface area contributed by atoms with Crippen molar-refractivity contribution >= 4 is 52.3 Å². The average Bonchev–Trinajstić information content (AvgIpc) is 3.40. The molecule has 1 spiro atoms. The van der Waals surface area contributed by atoms with Gasteiger partial charge in [0, 0.05) is 16.1 Å². The third kappa shape index (κ3) is 2.88. The third-order valence-electron chi connectivity index (χ3n) is 7.04. The third-order valence-corrected chi connectivity index (χ3v) is 7.58. The van der Waals surface area contributed by atoms with Gasteiger partial charge in [0.2, 0.25) is 29.0 Å². The van der Waals surface area contributed by atoms with E-state index in [1.165, 1.54) is 30.3 Å². The summed E-state index contributed by atoms with van der Waals surface area (Å²) in [5, 5.41) is 0.445. The number of hydrogen-bond acceptors (Lipinski definition) is 5. The van der Waals surface area contributed by atoms with Crippen molar-refractivity contribution in [3.63, 3.8) is 0 Å². The van der Waals surface area contributed by atoms with Gasteiger partial charge < -0.3 is 4.74 Å². The van der Waals surface area contributed by atoms with E-state index >= 15 is 0 Å². The first kappa shape index (κ1) is 22.2. The molecular weight excluding hydrogens is 489 g/mol. The van der Waals surface area contributed by atoms with Gasteiger partial charge in [-0.15, -0.1) is 0 Å². The molecule has 3 atom stereocenters. The molecular formula is C27H17Cl2NO5. The van der Waals surface area contributed by atoms with E-state index in [-0.39, 0.29) is 21.8 Å². The highest BCUT2D eigenvalue weighted by molar-refractivity contribution is 6.40. The van der Waals surface area contributed by atoms with E-state index in [1.54, 1.807) is 24.3 Å². The van der Waals surface area contributed by atoms with Crippen molar-refractivity contribution in [2.75, 3.05) is 4.90 Å². The molecule has 0 N–H and O–H groups in total. The molecule has 2 fully saturated rings. The monoisotopic (exact) mass is 505 g/mol. The summed E-state index contributed by atoms with van der Waals surface area (Å²) in [5.41, 5.74) is -0.0879. The van der Waals surface area contributed by atoms with Crippen molar-refractivity contribution in [2.24, 2.45) is 11.8 Å². The largest absolute Gasteiger partial charge is 0.349 e. The fourth-order valence-electron chi connectivity index (χ4n) is 5.57. The second-order valence-electron chi connectivity index (χ2n) is 9.00. The van der Waals surface area contributed by atoms with Crippen molar-refractivity contribution in [3.8, 4) is 0 Å². The van der Waals surface area contributed by atoms with Crippen LogP contribution in [0.4, 0.5) is 5.69 Å². The zero-order valence-corrected chi connectivity index (χ0v) is 19.8. The van der Waals surface area contributed by atoms with Crippen LogP contribution in [0, 0.1) is 18.8 Å². The van der Waals surface area contributed by atoms with Crippen molar-refractivity contribution < 1.29 is 23.9 Å². The number of imide groups is 1. The Balaban J connectivity index is 1.56. The number of hydrogen-bond donors (Lipinski definition) is 0. The molecule has 1 aliphatic carbocycles. The Kier molecular flexibility index (Phi) is 4.81. The fraction of sp³-hybridized carbons (Fsp3) is 0.185. The summed E-state index contributed by atoms with van der Waals surface area (Å²) >= 11 is 12.4. The number of anilines is 1. The van der Waals surface area contributed by atoms with Crippen LogP contribution in [0.15, 0.2) is 66.7 Å². The van der Waals surface area contributed by atoms with Crippen molar-refractivity contribution in [1.82, 2.24) is 0 Å².